The molecule has 1 aromatic rings. The number of carboxylic acids is 1. The molecule has 0 spiro atoms. The largest absolute Gasteiger partial charge is 0.481 e. The third-order valence-corrected chi connectivity index (χ3v) is 4.90. The molecule has 110 valence electrons. The summed E-state index contributed by atoms with van der Waals surface area (Å²) in [5.74, 6) is -0.699. The van der Waals surface area contributed by atoms with Crippen LogP contribution in [0.1, 0.15) is 50.5 Å². The molecule has 0 aromatic heterocycles. The minimum absolute atomic E-state index is 0.474. The molecule has 1 aliphatic carbocycles. The summed E-state index contributed by atoms with van der Waals surface area (Å²) in [6.45, 7) is 0. The number of carbonyl (C=O) groups is 1. The van der Waals surface area contributed by atoms with Gasteiger partial charge in [0.05, 0.1) is 5.41 Å². The van der Waals surface area contributed by atoms with Crippen molar-refractivity contribution in [1.82, 2.24) is 0 Å². The van der Waals surface area contributed by atoms with E-state index in [1.165, 1.54) is 6.42 Å². The highest BCUT2D eigenvalue weighted by atomic mass is 35.5. The Balaban J connectivity index is 2.27. The monoisotopic (exact) mass is 314 g/mol. The molecule has 2 nitrogen and oxygen atoms in total. The first kappa shape index (κ1) is 15.7. The van der Waals surface area contributed by atoms with E-state index >= 15 is 0 Å². The number of hydrogen-bond donors (Lipinski definition) is 1. The lowest BCUT2D eigenvalue weighted by atomic mass is 9.72. The van der Waals surface area contributed by atoms with E-state index in [2.05, 4.69) is 0 Å². The predicted octanol–water partition coefficient (Wildman–Crippen LogP) is 5.35. The molecule has 1 saturated carbocycles. The van der Waals surface area contributed by atoms with Gasteiger partial charge in [0.2, 0.25) is 0 Å². The molecule has 1 N–H and O–H groups in total. The number of halogens is 2. The molecule has 0 bridgehead atoms. The van der Waals surface area contributed by atoms with Gasteiger partial charge in [0.15, 0.2) is 0 Å². The van der Waals surface area contributed by atoms with Crippen LogP contribution in [0.5, 0.6) is 0 Å². The van der Waals surface area contributed by atoms with Gasteiger partial charge in [0.1, 0.15) is 0 Å². The van der Waals surface area contributed by atoms with E-state index in [-0.39, 0.29) is 0 Å². The van der Waals surface area contributed by atoms with Gasteiger partial charge in [-0.05, 0) is 43.0 Å². The minimum atomic E-state index is -0.699. The normalized spacial score (nSPS) is 19.1. The van der Waals surface area contributed by atoms with Crippen molar-refractivity contribution in [1.29, 1.82) is 0 Å². The Labute approximate surface area is 130 Å². The summed E-state index contributed by atoms with van der Waals surface area (Å²) in [6, 6.07) is 5.28. The van der Waals surface area contributed by atoms with E-state index < -0.39 is 11.4 Å². The van der Waals surface area contributed by atoms with Crippen LogP contribution in [0.15, 0.2) is 18.2 Å². The van der Waals surface area contributed by atoms with E-state index in [1.54, 1.807) is 18.2 Å². The van der Waals surface area contributed by atoms with Crippen LogP contribution in [0.4, 0.5) is 0 Å². The van der Waals surface area contributed by atoms with Crippen LogP contribution in [0.2, 0.25) is 10.0 Å². The van der Waals surface area contributed by atoms with Crippen molar-refractivity contribution >= 4 is 29.2 Å². The van der Waals surface area contributed by atoms with Crippen molar-refractivity contribution in [3.8, 4) is 0 Å². The lowest BCUT2D eigenvalue weighted by Gasteiger charge is -2.31. The third kappa shape index (κ3) is 3.67. The van der Waals surface area contributed by atoms with Gasteiger partial charge in [0, 0.05) is 10.0 Å². The Bertz CT molecular complexity index is 477. The molecule has 1 fully saturated rings. The first-order valence-corrected chi connectivity index (χ1v) is 7.96. The van der Waals surface area contributed by atoms with Crippen LogP contribution in [-0.2, 0) is 11.2 Å². The van der Waals surface area contributed by atoms with Gasteiger partial charge in [-0.2, -0.15) is 0 Å². The molecule has 1 aromatic carbocycles. The average molecular weight is 315 g/mol. The topological polar surface area (TPSA) is 37.3 Å². The number of rotatable bonds is 3. The quantitative estimate of drug-likeness (QED) is 0.816. The summed E-state index contributed by atoms with van der Waals surface area (Å²) in [6.07, 6.45) is 7.34. The fourth-order valence-corrected chi connectivity index (χ4v) is 3.47. The number of carboxylic acid groups (broad SMARTS) is 1. The molecular formula is C16H20Cl2O2. The molecule has 0 atom stereocenters. The second-order valence-corrected chi connectivity index (χ2v) is 6.61. The van der Waals surface area contributed by atoms with Crippen molar-refractivity contribution < 1.29 is 9.90 Å². The van der Waals surface area contributed by atoms with E-state index in [0.717, 1.165) is 44.1 Å². The van der Waals surface area contributed by atoms with Crippen LogP contribution in [-0.4, -0.2) is 11.1 Å². The van der Waals surface area contributed by atoms with Crippen LogP contribution >= 0.6 is 23.2 Å². The van der Waals surface area contributed by atoms with E-state index in [9.17, 15) is 9.90 Å². The molecule has 0 heterocycles. The van der Waals surface area contributed by atoms with E-state index in [1.807, 2.05) is 0 Å². The van der Waals surface area contributed by atoms with Gasteiger partial charge in [-0.25, -0.2) is 0 Å². The van der Waals surface area contributed by atoms with Crippen LogP contribution in [0.3, 0.4) is 0 Å². The summed E-state index contributed by atoms with van der Waals surface area (Å²) in [7, 11) is 0. The molecule has 20 heavy (non-hydrogen) atoms. The summed E-state index contributed by atoms with van der Waals surface area (Å²) < 4.78 is 0. The molecule has 0 aliphatic heterocycles. The Kier molecular flexibility index (Phi) is 5.34. The smallest absolute Gasteiger partial charge is 0.309 e. The molecule has 0 unspecified atom stereocenters. The third-order valence-electron chi connectivity index (χ3n) is 4.30. The lowest BCUT2D eigenvalue weighted by molar-refractivity contribution is -0.150. The Morgan fingerprint density at radius 3 is 2.30 bits per heavy atom. The maximum absolute atomic E-state index is 11.9. The highest BCUT2D eigenvalue weighted by Gasteiger charge is 2.38. The van der Waals surface area contributed by atoms with Gasteiger partial charge >= 0.3 is 5.97 Å². The van der Waals surface area contributed by atoms with Crippen molar-refractivity contribution in [2.75, 3.05) is 0 Å². The van der Waals surface area contributed by atoms with Crippen molar-refractivity contribution in [2.45, 2.75) is 51.4 Å². The maximum atomic E-state index is 11.9. The Morgan fingerprint density at radius 1 is 1.10 bits per heavy atom. The summed E-state index contributed by atoms with van der Waals surface area (Å²) >= 11 is 12.2. The first-order chi connectivity index (χ1) is 9.53. The Morgan fingerprint density at radius 2 is 1.70 bits per heavy atom. The van der Waals surface area contributed by atoms with Crippen LogP contribution in [0, 0.1) is 5.41 Å². The van der Waals surface area contributed by atoms with Gasteiger partial charge in [-0.15, -0.1) is 0 Å². The van der Waals surface area contributed by atoms with Gasteiger partial charge in [-0.3, -0.25) is 4.79 Å². The SMILES string of the molecule is O=C(O)C1(Cc2cc(Cl)ccc2Cl)CCCCCCC1. The Hall–Kier alpha value is -0.730. The van der Waals surface area contributed by atoms with Crippen LogP contribution in [0.25, 0.3) is 0 Å². The molecule has 2 rings (SSSR count). The maximum Gasteiger partial charge on any atom is 0.309 e. The minimum Gasteiger partial charge on any atom is -0.481 e. The molecule has 0 saturated heterocycles. The molecule has 1 aliphatic rings. The molecule has 0 amide bonds. The van der Waals surface area contributed by atoms with Crippen molar-refractivity contribution in [3.05, 3.63) is 33.8 Å². The first-order valence-electron chi connectivity index (χ1n) is 7.21. The summed E-state index contributed by atoms with van der Waals surface area (Å²) in [5.41, 5.74) is 0.163. The number of benzene rings is 1. The molecule has 0 radical (unpaired) electrons. The zero-order chi connectivity index (χ0) is 14.6. The fourth-order valence-electron chi connectivity index (χ4n) is 3.09. The highest BCUT2D eigenvalue weighted by molar-refractivity contribution is 6.33. The standard InChI is InChI=1S/C16H20Cl2O2/c17-13-6-7-14(18)12(10-13)11-16(15(19)20)8-4-2-1-3-5-9-16/h6-7,10H,1-5,8-9,11H2,(H,19,20). The number of aliphatic carboxylic acids is 1. The number of hydrogen-bond acceptors (Lipinski definition) is 1. The summed E-state index contributed by atoms with van der Waals surface area (Å²) in [5, 5.41) is 11.0. The average Bonchev–Trinajstić information content (AvgIpc) is 2.36. The van der Waals surface area contributed by atoms with Crippen molar-refractivity contribution in [3.63, 3.8) is 0 Å². The highest BCUT2D eigenvalue weighted by Crippen LogP contribution is 2.39. The van der Waals surface area contributed by atoms with Crippen LogP contribution < -0.4 is 0 Å². The van der Waals surface area contributed by atoms with Crippen molar-refractivity contribution in [2.24, 2.45) is 5.41 Å². The molecular weight excluding hydrogens is 295 g/mol. The van der Waals surface area contributed by atoms with Gasteiger partial charge in [-0.1, -0.05) is 55.3 Å². The zero-order valence-electron chi connectivity index (χ0n) is 11.5. The zero-order valence-corrected chi connectivity index (χ0v) is 13.0. The second-order valence-electron chi connectivity index (χ2n) is 5.77. The summed E-state index contributed by atoms with van der Waals surface area (Å²) in [4.78, 5) is 11.9. The second kappa shape index (κ2) is 6.82. The van der Waals surface area contributed by atoms with E-state index in [4.69, 9.17) is 23.2 Å². The molecule has 4 heteroatoms. The van der Waals surface area contributed by atoms with E-state index in [0.29, 0.717) is 16.5 Å². The van der Waals surface area contributed by atoms with Gasteiger partial charge < -0.3 is 5.11 Å². The fraction of sp³-hybridized carbons (Fsp3) is 0.562. The predicted molar refractivity (Wildman–Crippen MR) is 82.6 cm³/mol. The lowest BCUT2D eigenvalue weighted by Crippen LogP contribution is -2.34. The van der Waals surface area contributed by atoms with Gasteiger partial charge in [0.25, 0.3) is 0 Å².